The number of rotatable bonds is 4. The van der Waals surface area contributed by atoms with Crippen LogP contribution in [0.25, 0.3) is 11.1 Å². The monoisotopic (exact) mass is 366 g/mol. The smallest absolute Gasteiger partial charge is 0.478 e. The number of ether oxygens (including phenoxy) is 2. The standard InChI is InChI=1S/C15H8F6O4/c16-14(17,18)24-10-3-1-2-8(6-10)9-4-5-11(13(22)23)12(7-9)25-15(19,20)21/h1-7H,(H,22,23). The van der Waals surface area contributed by atoms with Gasteiger partial charge in [0.1, 0.15) is 17.1 Å². The van der Waals surface area contributed by atoms with E-state index in [9.17, 15) is 31.1 Å². The van der Waals surface area contributed by atoms with Crippen molar-refractivity contribution >= 4 is 5.97 Å². The minimum atomic E-state index is -5.13. The fraction of sp³-hybridized carbons (Fsp3) is 0.133. The molecule has 10 heteroatoms. The summed E-state index contributed by atoms with van der Waals surface area (Å²) >= 11 is 0. The van der Waals surface area contributed by atoms with Crippen LogP contribution in [0.3, 0.4) is 0 Å². The predicted octanol–water partition coefficient (Wildman–Crippen LogP) is 4.85. The molecule has 4 nitrogen and oxygen atoms in total. The van der Waals surface area contributed by atoms with E-state index in [1.807, 2.05) is 0 Å². The Morgan fingerprint density at radius 3 is 2.00 bits per heavy atom. The van der Waals surface area contributed by atoms with Gasteiger partial charge in [-0.3, -0.25) is 0 Å². The molecule has 134 valence electrons. The number of aromatic carboxylic acids is 1. The summed E-state index contributed by atoms with van der Waals surface area (Å²) in [6.07, 6.45) is -10.1. The van der Waals surface area contributed by atoms with Gasteiger partial charge in [-0.2, -0.15) is 0 Å². The first kappa shape index (κ1) is 18.4. The summed E-state index contributed by atoms with van der Waals surface area (Å²) in [7, 11) is 0. The molecule has 0 saturated heterocycles. The lowest BCUT2D eigenvalue weighted by Gasteiger charge is -2.14. The van der Waals surface area contributed by atoms with Crippen molar-refractivity contribution in [2.75, 3.05) is 0 Å². The zero-order valence-electron chi connectivity index (χ0n) is 12.0. The second-order valence-electron chi connectivity index (χ2n) is 4.64. The maximum Gasteiger partial charge on any atom is 0.573 e. The molecule has 0 unspecified atom stereocenters. The molecule has 0 amide bonds. The van der Waals surface area contributed by atoms with Gasteiger partial charge in [-0.05, 0) is 35.4 Å². The SMILES string of the molecule is O=C(O)c1ccc(-c2cccc(OC(F)(F)F)c2)cc1OC(F)(F)F. The quantitative estimate of drug-likeness (QED) is 0.786. The summed E-state index contributed by atoms with van der Waals surface area (Å²) in [6, 6.07) is 7.23. The van der Waals surface area contributed by atoms with Crippen LogP contribution in [-0.2, 0) is 0 Å². The molecule has 0 heterocycles. The van der Waals surface area contributed by atoms with E-state index in [0.29, 0.717) is 0 Å². The third kappa shape index (κ3) is 5.30. The van der Waals surface area contributed by atoms with E-state index in [1.165, 1.54) is 12.1 Å². The summed E-state index contributed by atoms with van der Waals surface area (Å²) < 4.78 is 81.3. The maximum atomic E-state index is 12.4. The predicted molar refractivity (Wildman–Crippen MR) is 72.2 cm³/mol. The van der Waals surface area contributed by atoms with Gasteiger partial charge < -0.3 is 14.6 Å². The molecule has 2 aromatic carbocycles. The molecule has 0 aliphatic rings. The van der Waals surface area contributed by atoms with Crippen molar-refractivity contribution in [1.29, 1.82) is 0 Å². The minimum Gasteiger partial charge on any atom is -0.478 e. The Hall–Kier alpha value is -2.91. The third-order valence-corrected chi connectivity index (χ3v) is 2.84. The molecule has 0 aromatic heterocycles. The Balaban J connectivity index is 2.44. The Bertz CT molecular complexity index is 782. The lowest BCUT2D eigenvalue weighted by molar-refractivity contribution is -0.275. The summed E-state index contributed by atoms with van der Waals surface area (Å²) in [5.41, 5.74) is -0.661. The number of carboxylic acids is 1. The van der Waals surface area contributed by atoms with E-state index < -0.39 is 35.8 Å². The van der Waals surface area contributed by atoms with Crippen LogP contribution in [0.5, 0.6) is 11.5 Å². The zero-order chi connectivity index (χ0) is 18.8. The van der Waals surface area contributed by atoms with E-state index in [-0.39, 0.29) is 11.1 Å². The van der Waals surface area contributed by atoms with Gasteiger partial charge in [-0.15, -0.1) is 26.3 Å². The van der Waals surface area contributed by atoms with Crippen LogP contribution in [-0.4, -0.2) is 23.8 Å². The zero-order valence-corrected chi connectivity index (χ0v) is 12.0. The number of hydrogen-bond acceptors (Lipinski definition) is 3. The van der Waals surface area contributed by atoms with Crippen molar-refractivity contribution in [2.24, 2.45) is 0 Å². The second kappa shape index (κ2) is 6.54. The van der Waals surface area contributed by atoms with Gasteiger partial charge in [0.05, 0.1) is 0 Å². The first-order valence-corrected chi connectivity index (χ1v) is 6.44. The van der Waals surface area contributed by atoms with Crippen molar-refractivity contribution in [3.63, 3.8) is 0 Å². The molecule has 1 N–H and O–H groups in total. The molecular formula is C15H8F6O4. The van der Waals surface area contributed by atoms with Gasteiger partial charge in [0, 0.05) is 0 Å². The van der Waals surface area contributed by atoms with Gasteiger partial charge in [-0.1, -0.05) is 18.2 Å². The molecule has 0 atom stereocenters. The van der Waals surface area contributed by atoms with E-state index in [1.54, 1.807) is 0 Å². The summed E-state index contributed by atoms with van der Waals surface area (Å²) in [4.78, 5) is 11.0. The van der Waals surface area contributed by atoms with Crippen LogP contribution >= 0.6 is 0 Å². The van der Waals surface area contributed by atoms with E-state index in [0.717, 1.165) is 30.3 Å². The molecule has 0 radical (unpaired) electrons. The first-order chi connectivity index (χ1) is 11.4. The fourth-order valence-electron chi connectivity index (χ4n) is 1.96. The van der Waals surface area contributed by atoms with Gasteiger partial charge in [-0.25, -0.2) is 4.79 Å². The van der Waals surface area contributed by atoms with Crippen LogP contribution in [0.15, 0.2) is 42.5 Å². The van der Waals surface area contributed by atoms with Gasteiger partial charge >= 0.3 is 18.7 Å². The molecule has 0 aliphatic carbocycles. The van der Waals surface area contributed by atoms with Crippen molar-refractivity contribution in [3.05, 3.63) is 48.0 Å². The molecular weight excluding hydrogens is 358 g/mol. The highest BCUT2D eigenvalue weighted by molar-refractivity contribution is 5.92. The second-order valence-corrected chi connectivity index (χ2v) is 4.64. The largest absolute Gasteiger partial charge is 0.573 e. The lowest BCUT2D eigenvalue weighted by atomic mass is 10.0. The first-order valence-electron chi connectivity index (χ1n) is 6.44. The molecule has 0 fully saturated rings. The van der Waals surface area contributed by atoms with Gasteiger partial charge in [0.25, 0.3) is 0 Å². The van der Waals surface area contributed by atoms with E-state index >= 15 is 0 Å². The average Bonchev–Trinajstić information content (AvgIpc) is 2.43. The highest BCUT2D eigenvalue weighted by Gasteiger charge is 2.33. The number of hydrogen-bond donors (Lipinski definition) is 1. The molecule has 2 aromatic rings. The summed E-state index contributed by atoms with van der Waals surface area (Å²) in [5.74, 6) is -3.22. The minimum absolute atomic E-state index is 0.0110. The molecule has 25 heavy (non-hydrogen) atoms. The summed E-state index contributed by atoms with van der Waals surface area (Å²) in [6.45, 7) is 0. The summed E-state index contributed by atoms with van der Waals surface area (Å²) in [5, 5.41) is 8.90. The Morgan fingerprint density at radius 2 is 1.44 bits per heavy atom. The Kier molecular flexibility index (Phi) is 4.82. The number of alkyl halides is 6. The average molecular weight is 366 g/mol. The maximum absolute atomic E-state index is 12.4. The van der Waals surface area contributed by atoms with Crippen LogP contribution in [0.2, 0.25) is 0 Å². The van der Waals surface area contributed by atoms with Gasteiger partial charge in [0.15, 0.2) is 0 Å². The molecule has 0 aliphatic heterocycles. The van der Waals surface area contributed by atoms with Crippen molar-refractivity contribution in [1.82, 2.24) is 0 Å². The molecule has 0 saturated carbocycles. The van der Waals surface area contributed by atoms with Gasteiger partial charge in [0.2, 0.25) is 0 Å². The number of carboxylic acid groups (broad SMARTS) is 1. The normalized spacial score (nSPS) is 11.9. The lowest BCUT2D eigenvalue weighted by Crippen LogP contribution is -2.19. The molecule has 0 spiro atoms. The van der Waals surface area contributed by atoms with Crippen LogP contribution in [0.1, 0.15) is 10.4 Å². The highest BCUT2D eigenvalue weighted by Crippen LogP contribution is 2.33. The van der Waals surface area contributed by atoms with Crippen molar-refractivity contribution < 1.29 is 45.7 Å². The number of benzene rings is 2. The van der Waals surface area contributed by atoms with Crippen LogP contribution < -0.4 is 9.47 Å². The molecule has 0 bridgehead atoms. The van der Waals surface area contributed by atoms with E-state index in [2.05, 4.69) is 9.47 Å². The Morgan fingerprint density at radius 1 is 0.840 bits per heavy atom. The highest BCUT2D eigenvalue weighted by atomic mass is 19.4. The molecule has 2 rings (SSSR count). The van der Waals surface area contributed by atoms with Crippen LogP contribution in [0, 0.1) is 0 Å². The van der Waals surface area contributed by atoms with E-state index in [4.69, 9.17) is 5.11 Å². The van der Waals surface area contributed by atoms with Crippen LogP contribution in [0.4, 0.5) is 26.3 Å². The third-order valence-electron chi connectivity index (χ3n) is 2.84. The van der Waals surface area contributed by atoms with Crippen molar-refractivity contribution in [2.45, 2.75) is 12.7 Å². The topological polar surface area (TPSA) is 55.8 Å². The van der Waals surface area contributed by atoms with Crippen molar-refractivity contribution in [3.8, 4) is 22.6 Å². The Labute approximate surface area is 136 Å². The fourth-order valence-corrected chi connectivity index (χ4v) is 1.96. The number of carbonyl (C=O) groups is 1. The number of halogens is 6.